The van der Waals surface area contributed by atoms with E-state index in [2.05, 4.69) is 11.4 Å². The van der Waals surface area contributed by atoms with Gasteiger partial charge in [-0.05, 0) is 49.1 Å². The maximum Gasteiger partial charge on any atom is 0.251 e. The van der Waals surface area contributed by atoms with Crippen LogP contribution in [0.4, 0.5) is 0 Å². The second-order valence-corrected chi connectivity index (χ2v) is 5.69. The molecule has 1 aromatic carbocycles. The highest BCUT2D eigenvalue weighted by molar-refractivity contribution is 7.09. The topological polar surface area (TPSA) is 49.3 Å². The highest BCUT2D eigenvalue weighted by Gasteiger charge is 2.13. The Bertz CT molecular complexity index is 564. The fourth-order valence-electron chi connectivity index (χ4n) is 1.99. The van der Waals surface area contributed by atoms with Crippen molar-refractivity contribution in [1.29, 1.82) is 0 Å². The Morgan fingerprint density at radius 2 is 2.21 bits per heavy atom. The van der Waals surface area contributed by atoms with Gasteiger partial charge in [0.2, 0.25) is 0 Å². The van der Waals surface area contributed by atoms with Crippen LogP contribution in [0, 0.1) is 6.92 Å². The molecule has 0 aliphatic carbocycles. The number of phenols is 1. The minimum absolute atomic E-state index is 0.0827. The third-order valence-corrected chi connectivity index (χ3v) is 3.82. The summed E-state index contributed by atoms with van der Waals surface area (Å²) in [5.41, 5.74) is 1.39. The highest BCUT2D eigenvalue weighted by atomic mass is 32.1. The Morgan fingerprint density at radius 3 is 2.84 bits per heavy atom. The summed E-state index contributed by atoms with van der Waals surface area (Å²) in [5.74, 6) is 0.0854. The van der Waals surface area contributed by atoms with E-state index < -0.39 is 0 Å². The predicted octanol–water partition coefficient (Wildman–Crippen LogP) is 3.12. The lowest BCUT2D eigenvalue weighted by Gasteiger charge is -2.14. The maximum absolute atomic E-state index is 12.1. The molecule has 3 nitrogen and oxygen atoms in total. The van der Waals surface area contributed by atoms with Crippen molar-refractivity contribution in [3.05, 3.63) is 51.7 Å². The average Bonchev–Trinajstić information content (AvgIpc) is 2.81. The molecule has 2 rings (SSSR count). The number of aromatic hydroxyl groups is 1. The first-order chi connectivity index (χ1) is 9.06. The van der Waals surface area contributed by atoms with Gasteiger partial charge in [0.05, 0.1) is 0 Å². The fraction of sp³-hybridized carbons (Fsp3) is 0.267. The number of phenolic OH excluding ortho intramolecular Hbond substituents is 1. The molecule has 1 unspecified atom stereocenters. The van der Waals surface area contributed by atoms with Crippen LogP contribution >= 0.6 is 11.3 Å². The molecule has 2 aromatic rings. The average molecular weight is 275 g/mol. The van der Waals surface area contributed by atoms with Crippen LogP contribution in [-0.4, -0.2) is 17.1 Å². The Kier molecular flexibility index (Phi) is 4.22. The molecular formula is C15H17NO2S. The molecule has 0 spiro atoms. The first kappa shape index (κ1) is 13.6. The number of hydrogen-bond acceptors (Lipinski definition) is 3. The molecule has 0 bridgehead atoms. The van der Waals surface area contributed by atoms with Gasteiger partial charge < -0.3 is 10.4 Å². The van der Waals surface area contributed by atoms with Crippen LogP contribution in [-0.2, 0) is 6.42 Å². The lowest BCUT2D eigenvalue weighted by Crippen LogP contribution is -2.34. The third kappa shape index (κ3) is 3.58. The second kappa shape index (κ2) is 5.89. The lowest BCUT2D eigenvalue weighted by atomic mass is 10.1. The predicted molar refractivity (Wildman–Crippen MR) is 77.8 cm³/mol. The summed E-state index contributed by atoms with van der Waals surface area (Å²) in [5, 5.41) is 14.4. The fourth-order valence-corrected chi connectivity index (χ4v) is 2.82. The van der Waals surface area contributed by atoms with E-state index in [-0.39, 0.29) is 17.7 Å². The minimum atomic E-state index is -0.0958. The van der Waals surface area contributed by atoms with E-state index in [1.807, 2.05) is 25.3 Å². The number of thiophene rings is 1. The minimum Gasteiger partial charge on any atom is -0.508 e. The number of carbonyl (C=O) groups excluding carboxylic acids is 1. The molecule has 0 aliphatic rings. The normalized spacial score (nSPS) is 12.1. The van der Waals surface area contributed by atoms with Crippen LogP contribution in [0.2, 0.25) is 0 Å². The van der Waals surface area contributed by atoms with Crippen molar-refractivity contribution in [1.82, 2.24) is 5.32 Å². The van der Waals surface area contributed by atoms with Gasteiger partial charge in [0, 0.05) is 22.9 Å². The number of nitrogens with one attached hydrogen (secondary N) is 1. The molecular weight excluding hydrogens is 258 g/mol. The van der Waals surface area contributed by atoms with E-state index in [4.69, 9.17) is 0 Å². The van der Waals surface area contributed by atoms with E-state index in [1.54, 1.807) is 23.5 Å². The monoisotopic (exact) mass is 275 g/mol. The van der Waals surface area contributed by atoms with Crippen LogP contribution < -0.4 is 5.32 Å². The SMILES string of the molecule is Cc1cc(O)ccc1C(=O)NC(C)Cc1cccs1. The van der Waals surface area contributed by atoms with E-state index in [0.717, 1.165) is 12.0 Å². The van der Waals surface area contributed by atoms with Crippen molar-refractivity contribution in [2.45, 2.75) is 26.3 Å². The standard InChI is InChI=1S/C15H17NO2S/c1-10-8-12(17)5-6-14(10)15(18)16-11(2)9-13-4-3-7-19-13/h3-8,11,17H,9H2,1-2H3,(H,16,18). The van der Waals surface area contributed by atoms with Crippen molar-refractivity contribution < 1.29 is 9.90 Å². The van der Waals surface area contributed by atoms with Gasteiger partial charge in [-0.25, -0.2) is 0 Å². The zero-order chi connectivity index (χ0) is 13.8. The molecule has 0 radical (unpaired) electrons. The summed E-state index contributed by atoms with van der Waals surface area (Å²) >= 11 is 1.69. The van der Waals surface area contributed by atoms with E-state index in [0.29, 0.717) is 5.56 Å². The summed E-state index contributed by atoms with van der Waals surface area (Å²) in [6, 6.07) is 8.94. The zero-order valence-electron chi connectivity index (χ0n) is 11.0. The van der Waals surface area contributed by atoms with Gasteiger partial charge in [-0.1, -0.05) is 6.07 Å². The molecule has 0 aliphatic heterocycles. The van der Waals surface area contributed by atoms with Crippen molar-refractivity contribution >= 4 is 17.2 Å². The van der Waals surface area contributed by atoms with Gasteiger partial charge in [-0.15, -0.1) is 11.3 Å². The van der Waals surface area contributed by atoms with Gasteiger partial charge in [0.15, 0.2) is 0 Å². The number of benzene rings is 1. The lowest BCUT2D eigenvalue weighted by molar-refractivity contribution is 0.0939. The third-order valence-electron chi connectivity index (χ3n) is 2.92. The largest absolute Gasteiger partial charge is 0.508 e. The first-order valence-electron chi connectivity index (χ1n) is 6.19. The Balaban J connectivity index is 2.00. The van der Waals surface area contributed by atoms with Crippen molar-refractivity contribution in [2.24, 2.45) is 0 Å². The molecule has 0 fully saturated rings. The van der Waals surface area contributed by atoms with E-state index >= 15 is 0 Å². The number of hydrogen-bond donors (Lipinski definition) is 2. The van der Waals surface area contributed by atoms with Gasteiger partial charge in [-0.3, -0.25) is 4.79 Å². The number of carbonyl (C=O) groups is 1. The second-order valence-electron chi connectivity index (χ2n) is 4.66. The number of aryl methyl sites for hydroxylation is 1. The van der Waals surface area contributed by atoms with E-state index in [9.17, 15) is 9.90 Å². The van der Waals surface area contributed by atoms with Crippen LogP contribution in [0.3, 0.4) is 0 Å². The molecule has 1 aromatic heterocycles. The zero-order valence-corrected chi connectivity index (χ0v) is 11.8. The molecule has 0 saturated heterocycles. The van der Waals surface area contributed by atoms with Crippen LogP contribution in [0.15, 0.2) is 35.7 Å². The summed E-state index contributed by atoms with van der Waals surface area (Å²) in [6.45, 7) is 3.81. The summed E-state index contributed by atoms with van der Waals surface area (Å²) in [4.78, 5) is 13.4. The molecule has 4 heteroatoms. The number of rotatable bonds is 4. The molecule has 2 N–H and O–H groups in total. The van der Waals surface area contributed by atoms with Gasteiger partial charge in [0.25, 0.3) is 5.91 Å². The van der Waals surface area contributed by atoms with Gasteiger partial charge in [-0.2, -0.15) is 0 Å². The molecule has 19 heavy (non-hydrogen) atoms. The Morgan fingerprint density at radius 1 is 1.42 bits per heavy atom. The van der Waals surface area contributed by atoms with Crippen LogP contribution in [0.25, 0.3) is 0 Å². The molecule has 1 amide bonds. The summed E-state index contributed by atoms with van der Waals surface area (Å²) in [7, 11) is 0. The van der Waals surface area contributed by atoms with Crippen molar-refractivity contribution in [2.75, 3.05) is 0 Å². The van der Waals surface area contributed by atoms with Crippen LogP contribution in [0.1, 0.15) is 27.7 Å². The van der Waals surface area contributed by atoms with Crippen LogP contribution in [0.5, 0.6) is 5.75 Å². The summed E-state index contributed by atoms with van der Waals surface area (Å²) in [6.07, 6.45) is 0.834. The summed E-state index contributed by atoms with van der Waals surface area (Å²) < 4.78 is 0. The quantitative estimate of drug-likeness (QED) is 0.900. The molecule has 100 valence electrons. The smallest absolute Gasteiger partial charge is 0.251 e. The molecule has 0 saturated carbocycles. The van der Waals surface area contributed by atoms with E-state index in [1.165, 1.54) is 10.9 Å². The molecule has 1 heterocycles. The van der Waals surface area contributed by atoms with Gasteiger partial charge >= 0.3 is 0 Å². The number of amides is 1. The first-order valence-corrected chi connectivity index (χ1v) is 7.07. The Hall–Kier alpha value is -1.81. The Labute approximate surface area is 116 Å². The highest BCUT2D eigenvalue weighted by Crippen LogP contribution is 2.16. The van der Waals surface area contributed by atoms with Gasteiger partial charge in [0.1, 0.15) is 5.75 Å². The molecule has 1 atom stereocenters. The van der Waals surface area contributed by atoms with Crippen molar-refractivity contribution in [3.8, 4) is 5.75 Å². The maximum atomic E-state index is 12.1. The van der Waals surface area contributed by atoms with Crippen molar-refractivity contribution in [3.63, 3.8) is 0 Å².